The number of pyridine rings is 1. The van der Waals surface area contributed by atoms with Crippen molar-refractivity contribution in [2.45, 2.75) is 45.6 Å². The van der Waals surface area contributed by atoms with Crippen LogP contribution in [-0.4, -0.2) is 38.3 Å². The van der Waals surface area contributed by atoms with Crippen LogP contribution in [0.25, 0.3) is 11.5 Å². The molecule has 0 aliphatic carbocycles. The Hall–Kier alpha value is -2.28. The lowest BCUT2D eigenvalue weighted by Gasteiger charge is -2.29. The van der Waals surface area contributed by atoms with Gasteiger partial charge in [0.05, 0.1) is 5.60 Å². The summed E-state index contributed by atoms with van der Waals surface area (Å²) in [6.07, 6.45) is 3.07. The number of aryl methyl sites for hydroxylation is 1. The van der Waals surface area contributed by atoms with Crippen LogP contribution in [0.4, 0.5) is 0 Å². The smallest absolute Gasteiger partial charge is 0.227 e. The van der Waals surface area contributed by atoms with Gasteiger partial charge in [-0.1, -0.05) is 31.5 Å². The van der Waals surface area contributed by atoms with Crippen molar-refractivity contribution in [2.75, 3.05) is 6.54 Å². The maximum Gasteiger partial charge on any atom is 0.227 e. The second-order valence-corrected chi connectivity index (χ2v) is 6.17. The van der Waals surface area contributed by atoms with Gasteiger partial charge in [0.1, 0.15) is 5.69 Å². The molecule has 0 spiro atoms. The summed E-state index contributed by atoms with van der Waals surface area (Å²) in [6, 6.07) is 5.44. The zero-order valence-corrected chi connectivity index (χ0v) is 14.3. The largest absolute Gasteiger partial charge is 0.388 e. The Bertz CT molecular complexity index is 655. The average Bonchev–Trinajstić information content (AvgIpc) is 3.07. The molecular formula is C17H24N4O3. The summed E-state index contributed by atoms with van der Waals surface area (Å²) in [6.45, 7) is 5.93. The summed E-state index contributed by atoms with van der Waals surface area (Å²) in [5.41, 5.74) is -0.289. The maximum absolute atomic E-state index is 11.9. The molecule has 2 aromatic rings. The molecule has 0 saturated heterocycles. The Balaban J connectivity index is 1.81. The molecule has 2 heterocycles. The highest BCUT2D eigenvalue weighted by Crippen LogP contribution is 2.19. The number of aliphatic hydroxyl groups is 1. The monoisotopic (exact) mass is 332 g/mol. The molecule has 0 aromatic carbocycles. The van der Waals surface area contributed by atoms with E-state index in [9.17, 15) is 9.90 Å². The van der Waals surface area contributed by atoms with Crippen molar-refractivity contribution in [2.24, 2.45) is 5.92 Å². The molecule has 0 aliphatic rings. The summed E-state index contributed by atoms with van der Waals surface area (Å²) < 4.78 is 5.14. The van der Waals surface area contributed by atoms with E-state index in [1.165, 1.54) is 0 Å². The Morgan fingerprint density at radius 1 is 1.46 bits per heavy atom. The molecule has 0 radical (unpaired) electrons. The molecule has 0 bridgehead atoms. The fourth-order valence-corrected chi connectivity index (χ4v) is 2.16. The molecular weight excluding hydrogens is 308 g/mol. The minimum absolute atomic E-state index is 0.106. The van der Waals surface area contributed by atoms with Gasteiger partial charge in [0.25, 0.3) is 0 Å². The van der Waals surface area contributed by atoms with E-state index in [-0.39, 0.29) is 24.8 Å². The normalized spacial score (nSPS) is 14.8. The van der Waals surface area contributed by atoms with Crippen LogP contribution in [-0.2, 0) is 11.2 Å². The number of amides is 1. The van der Waals surface area contributed by atoms with Crippen LogP contribution in [0.5, 0.6) is 0 Å². The van der Waals surface area contributed by atoms with Crippen LogP contribution in [0.15, 0.2) is 28.9 Å². The number of hydrogen-bond acceptors (Lipinski definition) is 6. The summed E-state index contributed by atoms with van der Waals surface area (Å²) in [4.78, 5) is 20.3. The highest BCUT2D eigenvalue weighted by Gasteiger charge is 2.27. The van der Waals surface area contributed by atoms with Crippen molar-refractivity contribution in [3.63, 3.8) is 0 Å². The lowest BCUT2D eigenvalue weighted by atomic mass is 9.88. The van der Waals surface area contributed by atoms with E-state index in [4.69, 9.17) is 4.52 Å². The second-order valence-electron chi connectivity index (χ2n) is 6.17. The first kappa shape index (κ1) is 18.1. The number of carbonyl (C=O) groups excluding carboxylic acids is 1. The molecule has 24 heavy (non-hydrogen) atoms. The van der Waals surface area contributed by atoms with E-state index in [1.807, 2.05) is 26.0 Å². The van der Waals surface area contributed by atoms with Gasteiger partial charge in [-0.3, -0.25) is 9.78 Å². The van der Waals surface area contributed by atoms with Crippen LogP contribution in [0.3, 0.4) is 0 Å². The number of rotatable bonds is 8. The summed E-state index contributed by atoms with van der Waals surface area (Å²) in [7, 11) is 0. The van der Waals surface area contributed by atoms with E-state index in [1.54, 1.807) is 19.2 Å². The lowest BCUT2D eigenvalue weighted by Crippen LogP contribution is -2.45. The van der Waals surface area contributed by atoms with E-state index in [0.29, 0.717) is 23.8 Å². The van der Waals surface area contributed by atoms with Gasteiger partial charge in [0, 0.05) is 25.6 Å². The molecule has 2 rings (SSSR count). The van der Waals surface area contributed by atoms with Crippen LogP contribution in [0.1, 0.15) is 39.5 Å². The van der Waals surface area contributed by atoms with E-state index in [0.717, 1.165) is 6.42 Å². The van der Waals surface area contributed by atoms with Gasteiger partial charge in [-0.25, -0.2) is 0 Å². The molecule has 7 heteroatoms. The molecule has 2 unspecified atom stereocenters. The van der Waals surface area contributed by atoms with Crippen molar-refractivity contribution in [3.05, 3.63) is 30.3 Å². The number of aromatic nitrogens is 3. The number of nitrogens with one attached hydrogen (secondary N) is 1. The van der Waals surface area contributed by atoms with Gasteiger partial charge >= 0.3 is 0 Å². The topological polar surface area (TPSA) is 101 Å². The van der Waals surface area contributed by atoms with Gasteiger partial charge in [-0.2, -0.15) is 4.98 Å². The fraction of sp³-hybridized carbons (Fsp3) is 0.529. The van der Waals surface area contributed by atoms with Crippen LogP contribution in [0.2, 0.25) is 0 Å². The zero-order valence-electron chi connectivity index (χ0n) is 14.3. The summed E-state index contributed by atoms with van der Waals surface area (Å²) in [5.74, 6) is 0.746. The highest BCUT2D eigenvalue weighted by molar-refractivity contribution is 5.76. The number of nitrogens with zero attached hydrogens (tertiary/aromatic N) is 3. The zero-order chi connectivity index (χ0) is 17.6. The molecule has 2 N–H and O–H groups in total. The van der Waals surface area contributed by atoms with Crippen LogP contribution < -0.4 is 5.32 Å². The molecule has 0 aliphatic heterocycles. The first-order chi connectivity index (χ1) is 11.4. The summed E-state index contributed by atoms with van der Waals surface area (Å²) in [5, 5.41) is 16.9. The van der Waals surface area contributed by atoms with Gasteiger partial charge in [-0.15, -0.1) is 0 Å². The maximum atomic E-state index is 11.9. The van der Waals surface area contributed by atoms with Gasteiger partial charge in [-0.05, 0) is 25.0 Å². The molecule has 0 fully saturated rings. The Kier molecular flexibility index (Phi) is 6.03. The molecule has 2 aromatic heterocycles. The fourth-order valence-electron chi connectivity index (χ4n) is 2.16. The first-order valence-electron chi connectivity index (χ1n) is 8.15. The van der Waals surface area contributed by atoms with Crippen molar-refractivity contribution >= 4 is 5.91 Å². The highest BCUT2D eigenvalue weighted by atomic mass is 16.5. The lowest BCUT2D eigenvalue weighted by molar-refractivity contribution is -0.122. The van der Waals surface area contributed by atoms with Crippen molar-refractivity contribution in [1.82, 2.24) is 20.4 Å². The SMILES string of the molecule is CCC(C)C(C)(O)CNC(=O)CCc1nc(-c2ccccn2)no1. The average molecular weight is 332 g/mol. The molecule has 7 nitrogen and oxygen atoms in total. The predicted molar refractivity (Wildman–Crippen MR) is 88.9 cm³/mol. The molecule has 2 atom stereocenters. The molecule has 1 amide bonds. The van der Waals surface area contributed by atoms with Crippen molar-refractivity contribution < 1.29 is 14.4 Å². The van der Waals surface area contributed by atoms with Gasteiger partial charge in [0.2, 0.25) is 17.6 Å². The van der Waals surface area contributed by atoms with Gasteiger partial charge < -0.3 is 14.9 Å². The van der Waals surface area contributed by atoms with E-state index < -0.39 is 5.60 Å². The molecule has 0 saturated carbocycles. The Morgan fingerprint density at radius 2 is 2.25 bits per heavy atom. The Morgan fingerprint density at radius 3 is 2.92 bits per heavy atom. The third-order valence-electron chi connectivity index (χ3n) is 4.25. The quantitative estimate of drug-likeness (QED) is 0.766. The minimum atomic E-state index is -0.916. The predicted octanol–water partition coefficient (Wildman–Crippen LogP) is 1.98. The van der Waals surface area contributed by atoms with Gasteiger partial charge in [0.15, 0.2) is 0 Å². The Labute approximate surface area is 141 Å². The molecule has 130 valence electrons. The van der Waals surface area contributed by atoms with E-state index >= 15 is 0 Å². The standard InChI is InChI=1S/C17H24N4O3/c1-4-12(2)17(3,23)11-19-14(22)8-9-15-20-16(21-24-15)13-7-5-6-10-18-13/h5-7,10,12,23H,4,8-9,11H2,1-3H3,(H,19,22). The first-order valence-corrected chi connectivity index (χ1v) is 8.15. The summed E-state index contributed by atoms with van der Waals surface area (Å²) >= 11 is 0. The van der Waals surface area contributed by atoms with Crippen molar-refractivity contribution in [1.29, 1.82) is 0 Å². The second kappa shape index (κ2) is 8.01. The van der Waals surface area contributed by atoms with E-state index in [2.05, 4.69) is 20.4 Å². The third kappa shape index (κ3) is 4.86. The van der Waals surface area contributed by atoms with Crippen LogP contribution in [0, 0.1) is 5.92 Å². The van der Waals surface area contributed by atoms with Crippen molar-refractivity contribution in [3.8, 4) is 11.5 Å². The number of hydrogen-bond donors (Lipinski definition) is 2. The minimum Gasteiger partial charge on any atom is -0.388 e. The van der Waals surface area contributed by atoms with Crippen LogP contribution >= 0.6 is 0 Å². The third-order valence-corrected chi connectivity index (χ3v) is 4.25. The number of carbonyl (C=O) groups is 1.